The molecule has 0 atom stereocenters. The maximum atomic E-state index is 13.0. The van der Waals surface area contributed by atoms with E-state index >= 15 is 0 Å². The lowest BCUT2D eigenvalue weighted by atomic mass is 9.93. The van der Waals surface area contributed by atoms with Gasteiger partial charge >= 0.3 is 0 Å². The molecule has 9 heteroatoms. The second-order valence-corrected chi connectivity index (χ2v) is 8.58. The molecule has 0 spiro atoms. The first kappa shape index (κ1) is 22.2. The molecule has 34 heavy (non-hydrogen) atoms. The predicted molar refractivity (Wildman–Crippen MR) is 124 cm³/mol. The molecule has 2 aromatic heterocycles. The Morgan fingerprint density at radius 2 is 1.91 bits per heavy atom. The van der Waals surface area contributed by atoms with Gasteiger partial charge in [0.15, 0.2) is 5.76 Å². The number of morpholine rings is 1. The summed E-state index contributed by atoms with van der Waals surface area (Å²) in [5, 5.41) is 7.62. The highest BCUT2D eigenvalue weighted by Gasteiger charge is 2.32. The van der Waals surface area contributed by atoms with E-state index in [4.69, 9.17) is 19.0 Å². The molecule has 178 valence electrons. The molecule has 0 unspecified atom stereocenters. The zero-order valence-corrected chi connectivity index (χ0v) is 19.4. The van der Waals surface area contributed by atoms with E-state index in [-0.39, 0.29) is 18.4 Å². The molecule has 1 N–H and O–H groups in total. The predicted octanol–water partition coefficient (Wildman–Crippen LogP) is 2.35. The molecule has 1 aromatic carbocycles. The molecule has 0 saturated carbocycles. The quantitative estimate of drug-likeness (QED) is 0.601. The number of carbonyl (C=O) groups excluding carboxylic acids is 2. The minimum absolute atomic E-state index is 0.103. The van der Waals surface area contributed by atoms with Gasteiger partial charge in [0.2, 0.25) is 5.91 Å². The highest BCUT2D eigenvalue weighted by molar-refractivity contribution is 5.95. The molecule has 3 aromatic rings. The Balaban J connectivity index is 1.29. The number of furan rings is 1. The molecule has 3 heterocycles. The Bertz CT molecular complexity index is 1200. The number of amides is 2. The summed E-state index contributed by atoms with van der Waals surface area (Å²) in [5.41, 5.74) is 4.54. The molecule has 5 rings (SSSR count). The van der Waals surface area contributed by atoms with Gasteiger partial charge < -0.3 is 24.1 Å². The Morgan fingerprint density at radius 1 is 1.15 bits per heavy atom. The first-order valence-electron chi connectivity index (χ1n) is 11.5. The first-order chi connectivity index (χ1) is 16.5. The van der Waals surface area contributed by atoms with Crippen LogP contribution < -0.4 is 10.1 Å². The highest BCUT2D eigenvalue weighted by atomic mass is 16.5. The van der Waals surface area contributed by atoms with Gasteiger partial charge in [0.1, 0.15) is 18.1 Å². The Morgan fingerprint density at radius 3 is 2.65 bits per heavy atom. The van der Waals surface area contributed by atoms with Crippen molar-refractivity contribution in [1.82, 2.24) is 20.0 Å². The van der Waals surface area contributed by atoms with Gasteiger partial charge in [-0.1, -0.05) is 12.1 Å². The summed E-state index contributed by atoms with van der Waals surface area (Å²) in [7, 11) is 1.62. The molecule has 0 bridgehead atoms. The van der Waals surface area contributed by atoms with Crippen LogP contribution in [0.25, 0.3) is 11.3 Å². The topological polar surface area (TPSA) is 98.8 Å². The lowest BCUT2D eigenvalue weighted by molar-refractivity contribution is -0.122. The largest absolute Gasteiger partial charge is 0.497 e. The maximum absolute atomic E-state index is 13.0. The number of carbonyl (C=O) groups is 2. The van der Waals surface area contributed by atoms with Crippen LogP contribution in [0.3, 0.4) is 0 Å². The van der Waals surface area contributed by atoms with E-state index in [2.05, 4.69) is 5.32 Å². The van der Waals surface area contributed by atoms with E-state index < -0.39 is 0 Å². The molecular formula is C25H28N4O5. The van der Waals surface area contributed by atoms with Crippen LogP contribution in [-0.4, -0.2) is 59.9 Å². The number of methoxy groups -OCH3 is 1. The first-order valence-corrected chi connectivity index (χ1v) is 11.5. The summed E-state index contributed by atoms with van der Waals surface area (Å²) < 4.78 is 18.2. The van der Waals surface area contributed by atoms with E-state index in [1.807, 2.05) is 37.4 Å². The number of ether oxygens (including phenoxy) is 2. The van der Waals surface area contributed by atoms with Crippen molar-refractivity contribution in [2.24, 2.45) is 0 Å². The maximum Gasteiger partial charge on any atom is 0.290 e. The number of nitrogens with one attached hydrogen (secondary N) is 1. The molecule has 2 amide bonds. The van der Waals surface area contributed by atoms with Gasteiger partial charge in [-0.3, -0.25) is 14.3 Å². The zero-order chi connectivity index (χ0) is 23.7. The van der Waals surface area contributed by atoms with Crippen LogP contribution in [0, 0.1) is 6.92 Å². The van der Waals surface area contributed by atoms with Crippen molar-refractivity contribution in [2.45, 2.75) is 32.9 Å². The van der Waals surface area contributed by atoms with Gasteiger partial charge in [0.25, 0.3) is 5.91 Å². The number of aromatic nitrogens is 2. The van der Waals surface area contributed by atoms with Gasteiger partial charge in [-0.05, 0) is 36.6 Å². The van der Waals surface area contributed by atoms with Crippen LogP contribution in [0.5, 0.6) is 5.75 Å². The number of rotatable bonds is 6. The Hall–Kier alpha value is -3.59. The number of benzene rings is 1. The SMILES string of the molecule is COc1ccc(CNC(=O)Cn2cc3c(n2)-c2c(oc(C(=O)N4CCOCC4)c2C)CC3)cc1. The molecular weight excluding hydrogens is 436 g/mol. The monoisotopic (exact) mass is 464 g/mol. The van der Waals surface area contributed by atoms with Crippen molar-refractivity contribution in [3.8, 4) is 17.0 Å². The summed E-state index contributed by atoms with van der Waals surface area (Å²) in [6, 6.07) is 7.58. The second-order valence-electron chi connectivity index (χ2n) is 8.58. The minimum atomic E-state index is -0.122. The van der Waals surface area contributed by atoms with E-state index in [1.54, 1.807) is 16.7 Å². The van der Waals surface area contributed by atoms with E-state index in [1.165, 1.54) is 0 Å². The smallest absolute Gasteiger partial charge is 0.290 e. The molecule has 1 saturated heterocycles. The van der Waals surface area contributed by atoms with Gasteiger partial charge in [0.05, 0.1) is 26.0 Å². The second kappa shape index (κ2) is 9.34. The van der Waals surface area contributed by atoms with Crippen LogP contribution in [0.15, 0.2) is 34.9 Å². The average Bonchev–Trinajstić information content (AvgIpc) is 3.43. The normalized spacial score (nSPS) is 14.9. The third kappa shape index (κ3) is 4.31. The zero-order valence-electron chi connectivity index (χ0n) is 19.4. The summed E-state index contributed by atoms with van der Waals surface area (Å²) in [4.78, 5) is 27.3. The van der Waals surface area contributed by atoms with E-state index in [9.17, 15) is 9.59 Å². The van der Waals surface area contributed by atoms with Crippen LogP contribution in [0.1, 0.15) is 33.0 Å². The Kier molecular flexibility index (Phi) is 6.10. The van der Waals surface area contributed by atoms with Crippen molar-refractivity contribution < 1.29 is 23.5 Å². The number of hydrogen-bond acceptors (Lipinski definition) is 6. The van der Waals surface area contributed by atoms with Crippen LogP contribution in [0.4, 0.5) is 0 Å². The van der Waals surface area contributed by atoms with Crippen molar-refractivity contribution in [2.75, 3.05) is 33.4 Å². The lowest BCUT2D eigenvalue weighted by Gasteiger charge is -2.26. The number of nitrogens with zero attached hydrogens (tertiary/aromatic N) is 3. The van der Waals surface area contributed by atoms with Crippen molar-refractivity contribution in [1.29, 1.82) is 0 Å². The molecule has 1 aliphatic carbocycles. The summed E-state index contributed by atoms with van der Waals surface area (Å²) in [6.07, 6.45) is 3.38. The van der Waals surface area contributed by atoms with Crippen LogP contribution in [-0.2, 0) is 35.5 Å². The van der Waals surface area contributed by atoms with Crippen molar-refractivity contribution in [3.63, 3.8) is 0 Å². The van der Waals surface area contributed by atoms with Gasteiger partial charge in [-0.15, -0.1) is 0 Å². The highest BCUT2D eigenvalue weighted by Crippen LogP contribution is 2.38. The van der Waals surface area contributed by atoms with Crippen molar-refractivity contribution in [3.05, 3.63) is 58.7 Å². The average molecular weight is 465 g/mol. The van der Waals surface area contributed by atoms with Crippen molar-refractivity contribution >= 4 is 11.8 Å². The summed E-state index contributed by atoms with van der Waals surface area (Å²) in [5.74, 6) is 1.72. The third-order valence-electron chi connectivity index (χ3n) is 6.36. The fourth-order valence-electron chi connectivity index (χ4n) is 4.51. The summed E-state index contributed by atoms with van der Waals surface area (Å²) in [6.45, 7) is 4.67. The molecule has 9 nitrogen and oxygen atoms in total. The summed E-state index contributed by atoms with van der Waals surface area (Å²) >= 11 is 0. The minimum Gasteiger partial charge on any atom is -0.497 e. The number of hydrogen-bond donors (Lipinski definition) is 1. The Labute approximate surface area is 197 Å². The standard InChI is InChI=1S/C25H28N4O5/c1-16-22-20(34-24(16)25(31)28-9-11-33-12-10-28)8-5-18-14-29(27-23(18)22)15-21(30)26-13-17-3-6-19(32-2)7-4-17/h3-4,6-7,14H,5,8-13,15H2,1-2H3,(H,26,30). The fourth-order valence-corrected chi connectivity index (χ4v) is 4.51. The molecule has 2 aliphatic rings. The van der Waals surface area contributed by atoms with E-state index in [0.29, 0.717) is 45.0 Å². The van der Waals surface area contributed by atoms with E-state index in [0.717, 1.165) is 45.9 Å². The lowest BCUT2D eigenvalue weighted by Crippen LogP contribution is -2.40. The van der Waals surface area contributed by atoms with Crippen LogP contribution >= 0.6 is 0 Å². The number of fused-ring (bicyclic) bond motifs is 3. The van der Waals surface area contributed by atoms with Gasteiger partial charge in [0, 0.05) is 43.4 Å². The fraction of sp³-hybridized carbons (Fsp3) is 0.400. The van der Waals surface area contributed by atoms with Crippen LogP contribution in [0.2, 0.25) is 0 Å². The number of aryl methyl sites for hydroxylation is 2. The molecule has 1 fully saturated rings. The third-order valence-corrected chi connectivity index (χ3v) is 6.36. The van der Waals surface area contributed by atoms with Gasteiger partial charge in [-0.2, -0.15) is 5.10 Å². The molecule has 1 aliphatic heterocycles. The van der Waals surface area contributed by atoms with Gasteiger partial charge in [-0.25, -0.2) is 0 Å². The molecule has 0 radical (unpaired) electrons.